The lowest BCUT2D eigenvalue weighted by Crippen LogP contribution is -2.27. The first-order valence-electron chi connectivity index (χ1n) is 12.7. The zero-order valence-corrected chi connectivity index (χ0v) is 21.5. The number of carbonyl (C=O) groups excluding carboxylic acids is 1. The maximum atomic E-state index is 14.6. The van der Waals surface area contributed by atoms with Crippen LogP contribution in [0, 0.1) is 11.6 Å². The summed E-state index contributed by atoms with van der Waals surface area (Å²) < 4.78 is 30.5. The first-order chi connectivity index (χ1) is 18.9. The second-order valence-corrected chi connectivity index (χ2v) is 9.57. The third kappa shape index (κ3) is 6.13. The van der Waals surface area contributed by atoms with Crippen LogP contribution in [-0.2, 0) is 24.4 Å². The molecule has 1 amide bonds. The molecule has 0 aliphatic rings. The molecule has 1 aromatic heterocycles. The van der Waals surface area contributed by atoms with Gasteiger partial charge in [-0.2, -0.15) is 0 Å². The van der Waals surface area contributed by atoms with E-state index in [-0.39, 0.29) is 18.9 Å². The van der Waals surface area contributed by atoms with Gasteiger partial charge < -0.3 is 14.6 Å². The topological polar surface area (TPSA) is 45.5 Å². The molecule has 5 aromatic rings. The predicted molar refractivity (Wildman–Crippen MR) is 149 cm³/mol. The van der Waals surface area contributed by atoms with E-state index in [4.69, 9.17) is 0 Å². The summed E-state index contributed by atoms with van der Waals surface area (Å²) in [4.78, 5) is 14.6. The van der Waals surface area contributed by atoms with E-state index in [2.05, 4.69) is 6.07 Å². The smallest absolute Gasteiger partial charge is 0.227 e. The van der Waals surface area contributed by atoms with Crippen molar-refractivity contribution < 1.29 is 18.7 Å². The predicted octanol–water partition coefficient (Wildman–Crippen LogP) is 6.78. The zero-order chi connectivity index (χ0) is 27.4. The SMILES string of the molecule is CN(Cc1cccc(-n2cccc2)c1)C(=O)Cc1ccc(-c2cc(F)cc(-c3cc(F)ccc3CO)c2)cc1. The fourth-order valence-electron chi connectivity index (χ4n) is 4.68. The van der Waals surface area contributed by atoms with E-state index >= 15 is 0 Å². The van der Waals surface area contributed by atoms with Crippen LogP contribution in [0.4, 0.5) is 8.78 Å². The minimum atomic E-state index is -0.461. The Morgan fingerprint density at radius 2 is 1.51 bits per heavy atom. The molecule has 6 heteroatoms. The maximum absolute atomic E-state index is 14.6. The monoisotopic (exact) mass is 522 g/mol. The van der Waals surface area contributed by atoms with E-state index in [1.807, 2.05) is 71.6 Å². The number of aliphatic hydroxyl groups excluding tert-OH is 1. The number of aromatic nitrogens is 1. The normalized spacial score (nSPS) is 11.0. The molecular formula is C33H28F2N2O2. The van der Waals surface area contributed by atoms with Crippen molar-refractivity contribution in [1.29, 1.82) is 0 Å². The fourth-order valence-corrected chi connectivity index (χ4v) is 4.68. The maximum Gasteiger partial charge on any atom is 0.227 e. The van der Waals surface area contributed by atoms with Gasteiger partial charge in [0.05, 0.1) is 13.0 Å². The second-order valence-electron chi connectivity index (χ2n) is 9.57. The van der Waals surface area contributed by atoms with Crippen LogP contribution in [-0.4, -0.2) is 27.5 Å². The average molecular weight is 523 g/mol. The van der Waals surface area contributed by atoms with Crippen molar-refractivity contribution in [1.82, 2.24) is 9.47 Å². The van der Waals surface area contributed by atoms with Crippen molar-refractivity contribution in [2.45, 2.75) is 19.6 Å². The number of hydrogen-bond donors (Lipinski definition) is 1. The highest BCUT2D eigenvalue weighted by Gasteiger charge is 2.13. The number of aliphatic hydroxyl groups is 1. The van der Waals surface area contributed by atoms with E-state index in [1.54, 1.807) is 18.0 Å². The Balaban J connectivity index is 1.29. The number of hydrogen-bond acceptors (Lipinski definition) is 2. The molecule has 1 N–H and O–H groups in total. The van der Waals surface area contributed by atoms with Crippen molar-refractivity contribution in [2.75, 3.05) is 7.05 Å². The number of nitrogens with zero attached hydrogens (tertiary/aromatic N) is 2. The van der Waals surface area contributed by atoms with Gasteiger partial charge in [-0.15, -0.1) is 0 Å². The Kier molecular flexibility index (Phi) is 7.66. The summed E-state index contributed by atoms with van der Waals surface area (Å²) in [6.45, 7) is 0.213. The number of amides is 1. The summed E-state index contributed by atoms with van der Waals surface area (Å²) in [5, 5.41) is 9.65. The van der Waals surface area contributed by atoms with Crippen molar-refractivity contribution in [2.24, 2.45) is 0 Å². The van der Waals surface area contributed by atoms with Crippen LogP contribution in [0.3, 0.4) is 0 Å². The van der Waals surface area contributed by atoms with Crippen molar-refractivity contribution >= 4 is 5.91 Å². The van der Waals surface area contributed by atoms with Crippen LogP contribution in [0.15, 0.2) is 109 Å². The van der Waals surface area contributed by atoms with Gasteiger partial charge >= 0.3 is 0 Å². The summed E-state index contributed by atoms with van der Waals surface area (Å²) in [6, 6.07) is 28.0. The van der Waals surface area contributed by atoms with E-state index < -0.39 is 11.6 Å². The van der Waals surface area contributed by atoms with Gasteiger partial charge in [0.25, 0.3) is 0 Å². The minimum absolute atomic E-state index is 0.00945. The Morgan fingerprint density at radius 3 is 2.26 bits per heavy atom. The van der Waals surface area contributed by atoms with E-state index in [0.717, 1.165) is 22.4 Å². The number of likely N-dealkylation sites (N-methyl/N-ethyl adjacent to an activating group) is 1. The second kappa shape index (κ2) is 11.5. The molecule has 0 spiro atoms. The van der Waals surface area contributed by atoms with E-state index in [9.17, 15) is 18.7 Å². The quantitative estimate of drug-likeness (QED) is 0.244. The molecule has 0 aliphatic carbocycles. The standard InChI is InChI=1S/C33H28F2N2O2/c1-36(21-24-5-4-6-31(15-24)37-13-2-3-14-37)33(39)16-23-7-9-25(10-8-23)27-17-28(19-30(35)18-27)32-20-29(34)12-11-26(32)22-38/h2-15,17-20,38H,16,21-22H2,1H3. The van der Waals surface area contributed by atoms with Gasteiger partial charge in [-0.3, -0.25) is 4.79 Å². The Hall–Kier alpha value is -4.55. The third-order valence-corrected chi connectivity index (χ3v) is 6.75. The molecule has 0 bridgehead atoms. The Bertz CT molecular complexity index is 1600. The molecule has 0 radical (unpaired) electrons. The molecule has 0 atom stereocenters. The van der Waals surface area contributed by atoms with Crippen LogP contribution in [0.1, 0.15) is 16.7 Å². The van der Waals surface area contributed by atoms with Gasteiger partial charge in [0.2, 0.25) is 5.91 Å². The molecule has 0 aliphatic heterocycles. The summed E-state index contributed by atoms with van der Waals surface area (Å²) >= 11 is 0. The molecular weight excluding hydrogens is 494 g/mol. The highest BCUT2D eigenvalue weighted by Crippen LogP contribution is 2.31. The first kappa shape index (κ1) is 26.1. The van der Waals surface area contributed by atoms with Crippen molar-refractivity contribution in [3.8, 4) is 27.9 Å². The molecule has 1 heterocycles. The van der Waals surface area contributed by atoms with Gasteiger partial charge in [0.1, 0.15) is 11.6 Å². The fraction of sp³-hybridized carbons (Fsp3) is 0.121. The molecule has 0 saturated heterocycles. The summed E-state index contributed by atoms with van der Waals surface area (Å²) in [5.41, 5.74) is 5.76. The van der Waals surface area contributed by atoms with Gasteiger partial charge in [-0.05, 0) is 93.5 Å². The van der Waals surface area contributed by atoms with Crippen molar-refractivity contribution in [3.63, 3.8) is 0 Å². The van der Waals surface area contributed by atoms with E-state index in [1.165, 1.54) is 30.3 Å². The van der Waals surface area contributed by atoms with Crippen molar-refractivity contribution in [3.05, 3.63) is 138 Å². The number of halogens is 2. The van der Waals surface area contributed by atoms with Crippen LogP contribution < -0.4 is 0 Å². The molecule has 39 heavy (non-hydrogen) atoms. The van der Waals surface area contributed by atoms with Crippen LogP contribution in [0.2, 0.25) is 0 Å². The summed E-state index contributed by atoms with van der Waals surface area (Å²) in [6.07, 6.45) is 4.21. The van der Waals surface area contributed by atoms with Crippen LogP contribution in [0.25, 0.3) is 27.9 Å². The highest BCUT2D eigenvalue weighted by molar-refractivity contribution is 5.79. The molecule has 4 aromatic carbocycles. The van der Waals surface area contributed by atoms with Crippen LogP contribution >= 0.6 is 0 Å². The average Bonchev–Trinajstić information content (AvgIpc) is 3.48. The molecule has 0 fully saturated rings. The first-order valence-corrected chi connectivity index (χ1v) is 12.7. The summed E-state index contributed by atoms with van der Waals surface area (Å²) in [5.74, 6) is -0.928. The lowest BCUT2D eigenvalue weighted by molar-refractivity contribution is -0.129. The minimum Gasteiger partial charge on any atom is -0.392 e. The van der Waals surface area contributed by atoms with Gasteiger partial charge in [0, 0.05) is 31.7 Å². The number of carbonyl (C=O) groups is 1. The Morgan fingerprint density at radius 1 is 0.769 bits per heavy atom. The molecule has 5 rings (SSSR count). The highest BCUT2D eigenvalue weighted by atomic mass is 19.1. The van der Waals surface area contributed by atoms with Crippen LogP contribution in [0.5, 0.6) is 0 Å². The van der Waals surface area contributed by atoms with Gasteiger partial charge in [-0.25, -0.2) is 8.78 Å². The summed E-state index contributed by atoms with van der Waals surface area (Å²) in [7, 11) is 1.79. The number of benzene rings is 4. The lowest BCUT2D eigenvalue weighted by atomic mass is 9.95. The van der Waals surface area contributed by atoms with E-state index in [0.29, 0.717) is 28.8 Å². The third-order valence-electron chi connectivity index (χ3n) is 6.75. The Labute approximate surface area is 226 Å². The molecule has 4 nitrogen and oxygen atoms in total. The largest absolute Gasteiger partial charge is 0.392 e. The molecule has 196 valence electrons. The van der Waals surface area contributed by atoms with Gasteiger partial charge in [0.15, 0.2) is 0 Å². The molecule has 0 saturated carbocycles. The lowest BCUT2D eigenvalue weighted by Gasteiger charge is -2.18. The van der Waals surface area contributed by atoms with Gasteiger partial charge in [-0.1, -0.05) is 42.5 Å². The molecule has 0 unspecified atom stereocenters. The number of rotatable bonds is 8. The zero-order valence-electron chi connectivity index (χ0n) is 21.5.